The Hall–Kier alpha value is 0.904. The van der Waals surface area contributed by atoms with Crippen LogP contribution in [0.4, 0.5) is 0 Å². The molecule has 0 unspecified atom stereocenters. The Kier molecular flexibility index (Phi) is 27.7. The zero-order valence-electron chi connectivity index (χ0n) is 9.02. The standard InChI is InChI=1S/C6H15Si.C3H5S.Li/c1-4-5-6-7(2)3;1-2-3-4;/h4-6H2,1-3H3;3H,1-2H2;/q;-1;+1. The van der Waals surface area contributed by atoms with E-state index in [9.17, 15) is 0 Å². The van der Waals surface area contributed by atoms with Crippen molar-refractivity contribution in [3.63, 3.8) is 0 Å². The van der Waals surface area contributed by atoms with Gasteiger partial charge in [-0.3, -0.25) is 0 Å². The first kappa shape index (κ1) is 18.6. The second-order valence-corrected chi connectivity index (χ2v) is 6.01. The summed E-state index contributed by atoms with van der Waals surface area (Å²) in [6, 6.07) is 1.50. The third-order valence-electron chi connectivity index (χ3n) is 1.15. The van der Waals surface area contributed by atoms with Gasteiger partial charge in [0.25, 0.3) is 0 Å². The minimum Gasteiger partial charge on any atom is -0.339 e. The van der Waals surface area contributed by atoms with Crippen molar-refractivity contribution in [1.29, 1.82) is 0 Å². The van der Waals surface area contributed by atoms with Crippen molar-refractivity contribution in [2.24, 2.45) is 0 Å². The largest absolute Gasteiger partial charge is 1.00 e. The molecule has 0 saturated carbocycles. The summed E-state index contributed by atoms with van der Waals surface area (Å²) in [5.41, 5.74) is 0. The number of rotatable bonds is 4. The third kappa shape index (κ3) is 30.7. The van der Waals surface area contributed by atoms with E-state index in [0.29, 0.717) is 0 Å². The maximum absolute atomic E-state index is 4.37. The number of thiocarbonyl (C=S) groups is 1. The van der Waals surface area contributed by atoms with Crippen LogP contribution in [-0.4, -0.2) is 14.2 Å². The van der Waals surface area contributed by atoms with Gasteiger partial charge in [0, 0.05) is 8.80 Å². The minimum atomic E-state index is 0. The molecule has 3 heteroatoms. The van der Waals surface area contributed by atoms with Crippen LogP contribution in [0, 0.1) is 6.92 Å². The van der Waals surface area contributed by atoms with Crippen molar-refractivity contribution < 1.29 is 18.9 Å². The predicted octanol–water partition coefficient (Wildman–Crippen LogP) is 0.755. The van der Waals surface area contributed by atoms with Crippen LogP contribution >= 0.6 is 12.2 Å². The maximum atomic E-state index is 4.37. The number of hydrogen-bond acceptors (Lipinski definition) is 1. The molecule has 0 amide bonds. The van der Waals surface area contributed by atoms with Crippen LogP contribution in [0.15, 0.2) is 0 Å². The van der Waals surface area contributed by atoms with Gasteiger partial charge < -0.3 is 6.92 Å². The summed E-state index contributed by atoms with van der Waals surface area (Å²) >= 11 is 4.37. The van der Waals surface area contributed by atoms with Crippen molar-refractivity contribution in [3.8, 4) is 0 Å². The first-order valence-electron chi connectivity index (χ1n) is 4.20. The van der Waals surface area contributed by atoms with Gasteiger partial charge in [0.05, 0.1) is 0 Å². The summed E-state index contributed by atoms with van der Waals surface area (Å²) in [6.07, 6.45) is 3.58. The molecule has 1 radical (unpaired) electrons. The van der Waals surface area contributed by atoms with Crippen LogP contribution in [0.5, 0.6) is 0 Å². The molecule has 0 aliphatic heterocycles. The van der Waals surface area contributed by atoms with Gasteiger partial charge in [0.2, 0.25) is 0 Å². The van der Waals surface area contributed by atoms with E-state index in [2.05, 4.69) is 39.2 Å². The fourth-order valence-electron chi connectivity index (χ4n) is 0.530. The third-order valence-corrected chi connectivity index (χ3v) is 2.74. The Morgan fingerprint density at radius 2 is 1.83 bits per heavy atom. The molecule has 0 N–H and O–H groups in total. The first-order chi connectivity index (χ1) is 5.18. The Bertz CT molecular complexity index is 76.9. The summed E-state index contributed by atoms with van der Waals surface area (Å²) < 4.78 is 0. The van der Waals surface area contributed by atoms with Crippen LogP contribution in [0.25, 0.3) is 0 Å². The molecular formula is C9H20LiSSi. The first-order valence-corrected chi connectivity index (χ1v) is 7.38. The molecule has 0 fully saturated rings. The van der Waals surface area contributed by atoms with Crippen LogP contribution in [0.2, 0.25) is 19.1 Å². The smallest absolute Gasteiger partial charge is 0.339 e. The SMILES string of the molecule is CCCC[Si](C)C.[CH2-]CC=S.[Li+]. The zero-order valence-corrected chi connectivity index (χ0v) is 10.8. The van der Waals surface area contributed by atoms with Crippen LogP contribution in [0.1, 0.15) is 26.2 Å². The van der Waals surface area contributed by atoms with Gasteiger partial charge in [-0.05, 0) is 0 Å². The molecular weight excluding hydrogens is 175 g/mol. The Labute approximate surface area is 97.3 Å². The maximum Gasteiger partial charge on any atom is 1.00 e. The molecule has 0 aliphatic carbocycles. The van der Waals surface area contributed by atoms with Crippen molar-refractivity contribution in [2.45, 2.75) is 45.3 Å². The second-order valence-electron chi connectivity index (χ2n) is 2.77. The molecule has 0 spiro atoms. The van der Waals surface area contributed by atoms with Crippen LogP contribution in [0.3, 0.4) is 0 Å². The normalized spacial score (nSPS) is 8.08. The summed E-state index contributed by atoms with van der Waals surface area (Å²) in [5, 5.41) is 1.60. The summed E-state index contributed by atoms with van der Waals surface area (Å²) in [4.78, 5) is 0. The average Bonchev–Trinajstić information content (AvgIpc) is 2.01. The Morgan fingerprint density at radius 3 is 1.92 bits per heavy atom. The predicted molar refractivity (Wildman–Crippen MR) is 60.8 cm³/mol. The van der Waals surface area contributed by atoms with Crippen molar-refractivity contribution >= 4 is 26.4 Å². The van der Waals surface area contributed by atoms with E-state index in [1.54, 1.807) is 5.37 Å². The second kappa shape index (κ2) is 17.9. The van der Waals surface area contributed by atoms with Gasteiger partial charge >= 0.3 is 18.9 Å². The fraction of sp³-hybridized carbons (Fsp3) is 0.778. The molecule has 0 heterocycles. The monoisotopic (exact) mass is 195 g/mol. The van der Waals surface area contributed by atoms with E-state index in [-0.39, 0.29) is 27.7 Å². The molecule has 0 aromatic carbocycles. The molecule has 0 aliphatic rings. The van der Waals surface area contributed by atoms with E-state index in [4.69, 9.17) is 0 Å². The Morgan fingerprint density at radius 1 is 1.42 bits per heavy atom. The molecule has 0 rings (SSSR count). The summed E-state index contributed by atoms with van der Waals surface area (Å²) in [7, 11) is 0.103. The van der Waals surface area contributed by atoms with E-state index in [0.717, 1.165) is 6.42 Å². The topological polar surface area (TPSA) is 0 Å². The number of unbranched alkanes of at least 4 members (excludes halogenated alkanes) is 1. The van der Waals surface area contributed by atoms with Gasteiger partial charge in [-0.2, -0.15) is 6.42 Å². The molecule has 0 aromatic heterocycles. The molecule has 0 bridgehead atoms. The minimum absolute atomic E-state index is 0. The summed E-state index contributed by atoms with van der Waals surface area (Å²) in [5.74, 6) is 0. The average molecular weight is 195 g/mol. The Balaban J connectivity index is -0.000000142. The number of hydrogen-bond donors (Lipinski definition) is 0. The van der Waals surface area contributed by atoms with Gasteiger partial charge in [-0.15, -0.1) is 0 Å². The van der Waals surface area contributed by atoms with E-state index < -0.39 is 0 Å². The van der Waals surface area contributed by atoms with E-state index in [1.807, 2.05) is 0 Å². The van der Waals surface area contributed by atoms with Crippen LogP contribution in [-0.2, 0) is 0 Å². The molecule has 12 heavy (non-hydrogen) atoms. The van der Waals surface area contributed by atoms with Gasteiger partial charge in [0.15, 0.2) is 0 Å². The van der Waals surface area contributed by atoms with Gasteiger partial charge in [0.1, 0.15) is 0 Å². The molecule has 0 atom stereocenters. The van der Waals surface area contributed by atoms with Gasteiger partial charge in [-0.25, -0.2) is 0 Å². The molecule has 0 nitrogen and oxygen atoms in total. The van der Waals surface area contributed by atoms with E-state index >= 15 is 0 Å². The van der Waals surface area contributed by atoms with Crippen molar-refractivity contribution in [2.75, 3.05) is 0 Å². The molecule has 0 aromatic rings. The van der Waals surface area contributed by atoms with E-state index in [1.165, 1.54) is 18.9 Å². The molecule has 67 valence electrons. The quantitative estimate of drug-likeness (QED) is 0.362. The van der Waals surface area contributed by atoms with Crippen molar-refractivity contribution in [1.82, 2.24) is 0 Å². The van der Waals surface area contributed by atoms with Crippen molar-refractivity contribution in [3.05, 3.63) is 6.92 Å². The van der Waals surface area contributed by atoms with Gasteiger partial charge in [-0.1, -0.05) is 56.5 Å². The van der Waals surface area contributed by atoms with Crippen LogP contribution < -0.4 is 18.9 Å². The molecule has 0 saturated heterocycles. The fourth-order valence-corrected chi connectivity index (χ4v) is 1.59. The zero-order chi connectivity index (χ0) is 9.11. The summed E-state index contributed by atoms with van der Waals surface area (Å²) in [6.45, 7) is 10.4.